The van der Waals surface area contributed by atoms with Gasteiger partial charge in [0.05, 0.1) is 23.2 Å². The molecule has 3 aromatic rings. The highest BCUT2D eigenvalue weighted by atomic mass is 32.1. The molecule has 8 heteroatoms. The maximum atomic E-state index is 13.2. The number of ketones is 1. The van der Waals surface area contributed by atoms with Gasteiger partial charge in [-0.1, -0.05) is 32.9 Å². The number of benzene rings is 1. The predicted octanol–water partition coefficient (Wildman–Crippen LogP) is 4.40. The fraction of sp³-hybridized carbons (Fsp3) is 0.409. The van der Waals surface area contributed by atoms with E-state index in [1.807, 2.05) is 0 Å². The van der Waals surface area contributed by atoms with Crippen LogP contribution in [0, 0.1) is 21.4 Å². The van der Waals surface area contributed by atoms with E-state index in [1.165, 1.54) is 40.0 Å². The first-order valence-corrected chi connectivity index (χ1v) is 10.7. The summed E-state index contributed by atoms with van der Waals surface area (Å²) in [6.07, 6.45) is 4.23. The van der Waals surface area contributed by atoms with Crippen LogP contribution in [0.3, 0.4) is 0 Å². The van der Waals surface area contributed by atoms with Gasteiger partial charge in [-0.3, -0.25) is 24.3 Å². The first-order chi connectivity index (χ1) is 14.1. The molecule has 1 aliphatic carbocycles. The Morgan fingerprint density at radius 2 is 2.13 bits per heavy atom. The summed E-state index contributed by atoms with van der Waals surface area (Å²) in [7, 11) is 0. The van der Waals surface area contributed by atoms with Gasteiger partial charge in [0, 0.05) is 22.6 Å². The van der Waals surface area contributed by atoms with Crippen LogP contribution in [0.15, 0.2) is 35.4 Å². The number of carbonyl (C=O) groups is 1. The van der Waals surface area contributed by atoms with Crippen molar-refractivity contribution in [3.63, 3.8) is 0 Å². The number of non-ortho nitro benzene ring substituents is 1. The molecule has 4 rings (SSSR count). The standard InChI is InChI=1S/C22H23N3O4S/c1-22(2,3)14-7-8-16-18(10-14)30-20-19(16)21(27)24(12-23-20)11-17(26)13-5-4-6-15(9-13)25(28)29/h4-6,9,12,14H,7-8,10-11H2,1-3H3. The molecule has 0 aliphatic heterocycles. The van der Waals surface area contributed by atoms with Gasteiger partial charge in [-0.2, -0.15) is 0 Å². The molecule has 1 aliphatic rings. The minimum atomic E-state index is -0.543. The Labute approximate surface area is 177 Å². The van der Waals surface area contributed by atoms with Crippen molar-refractivity contribution < 1.29 is 9.72 Å². The molecule has 0 saturated carbocycles. The summed E-state index contributed by atoms with van der Waals surface area (Å²) < 4.78 is 1.31. The van der Waals surface area contributed by atoms with E-state index in [4.69, 9.17) is 0 Å². The number of rotatable bonds is 4. The summed E-state index contributed by atoms with van der Waals surface area (Å²) in [5.74, 6) is 0.203. The lowest BCUT2D eigenvalue weighted by molar-refractivity contribution is -0.384. The molecule has 1 aromatic carbocycles. The summed E-state index contributed by atoms with van der Waals surface area (Å²) in [4.78, 5) is 42.6. The second-order valence-corrected chi connectivity index (χ2v) is 9.98. The van der Waals surface area contributed by atoms with E-state index in [1.54, 1.807) is 11.3 Å². The van der Waals surface area contributed by atoms with Crippen LogP contribution in [0.5, 0.6) is 0 Å². The number of hydrogen-bond donors (Lipinski definition) is 0. The maximum Gasteiger partial charge on any atom is 0.270 e. The molecule has 0 saturated heterocycles. The van der Waals surface area contributed by atoms with Gasteiger partial charge >= 0.3 is 0 Å². The third-order valence-corrected chi connectivity index (χ3v) is 7.12. The average Bonchev–Trinajstić information content (AvgIpc) is 3.08. The highest BCUT2D eigenvalue weighted by Gasteiger charge is 2.31. The van der Waals surface area contributed by atoms with Gasteiger partial charge in [0.25, 0.3) is 11.2 Å². The molecule has 1 atom stereocenters. The summed E-state index contributed by atoms with van der Waals surface area (Å²) in [5.41, 5.74) is 1.13. The van der Waals surface area contributed by atoms with E-state index in [0.29, 0.717) is 11.3 Å². The molecule has 0 N–H and O–H groups in total. The molecule has 0 fully saturated rings. The van der Waals surface area contributed by atoms with E-state index in [0.717, 1.165) is 29.7 Å². The SMILES string of the molecule is CC(C)(C)C1CCc2c(sc3ncn(CC(=O)c4cccc([N+](=O)[O-])c4)c(=O)c23)C1. The van der Waals surface area contributed by atoms with Crippen LogP contribution in [0.4, 0.5) is 5.69 Å². The highest BCUT2D eigenvalue weighted by molar-refractivity contribution is 7.18. The molecular formula is C22H23N3O4S. The van der Waals surface area contributed by atoms with Gasteiger partial charge in [0.15, 0.2) is 5.78 Å². The number of fused-ring (bicyclic) bond motifs is 3. The first-order valence-electron chi connectivity index (χ1n) is 9.92. The number of hydrogen-bond acceptors (Lipinski definition) is 6. The Balaban J connectivity index is 1.66. The normalized spacial score (nSPS) is 16.4. The summed E-state index contributed by atoms with van der Waals surface area (Å²) >= 11 is 1.58. The van der Waals surface area contributed by atoms with Crippen molar-refractivity contribution >= 4 is 33.0 Å². The Morgan fingerprint density at radius 1 is 1.37 bits per heavy atom. The molecule has 2 aromatic heterocycles. The zero-order valence-electron chi connectivity index (χ0n) is 17.2. The Bertz CT molecular complexity index is 1220. The van der Waals surface area contributed by atoms with Crippen LogP contribution < -0.4 is 5.56 Å². The minimum Gasteiger partial charge on any atom is -0.292 e. The molecule has 156 valence electrons. The summed E-state index contributed by atoms with van der Waals surface area (Å²) in [6, 6.07) is 5.55. The Morgan fingerprint density at radius 3 is 2.83 bits per heavy atom. The van der Waals surface area contributed by atoms with Crippen LogP contribution in [0.2, 0.25) is 0 Å². The van der Waals surface area contributed by atoms with Crippen LogP contribution >= 0.6 is 11.3 Å². The van der Waals surface area contributed by atoms with Crippen molar-refractivity contribution in [3.05, 3.63) is 67.1 Å². The number of aryl methyl sites for hydroxylation is 1. The van der Waals surface area contributed by atoms with Crippen molar-refractivity contribution in [2.24, 2.45) is 11.3 Å². The molecule has 0 bridgehead atoms. The third-order valence-electron chi connectivity index (χ3n) is 5.95. The highest BCUT2D eigenvalue weighted by Crippen LogP contribution is 2.41. The Kier molecular flexibility index (Phi) is 5.05. The van der Waals surface area contributed by atoms with Crippen molar-refractivity contribution in [1.82, 2.24) is 9.55 Å². The van der Waals surface area contributed by atoms with Gasteiger partial charge in [-0.05, 0) is 36.2 Å². The summed E-state index contributed by atoms with van der Waals surface area (Å²) in [6.45, 7) is 6.56. The molecule has 0 spiro atoms. The van der Waals surface area contributed by atoms with Crippen LogP contribution in [0.1, 0.15) is 48.0 Å². The van der Waals surface area contributed by atoms with Gasteiger partial charge in [-0.25, -0.2) is 4.98 Å². The zero-order valence-corrected chi connectivity index (χ0v) is 18.0. The fourth-order valence-electron chi connectivity index (χ4n) is 4.09. The number of nitro groups is 1. The van der Waals surface area contributed by atoms with Crippen molar-refractivity contribution in [1.29, 1.82) is 0 Å². The monoisotopic (exact) mass is 425 g/mol. The topological polar surface area (TPSA) is 95.1 Å². The number of Topliss-reactive ketones (excluding diaryl/α,β-unsaturated/α-hetero) is 1. The number of nitrogens with zero attached hydrogens (tertiary/aromatic N) is 3. The van der Waals surface area contributed by atoms with Crippen molar-refractivity contribution in [3.8, 4) is 0 Å². The molecular weight excluding hydrogens is 402 g/mol. The quantitative estimate of drug-likeness (QED) is 0.351. The molecule has 7 nitrogen and oxygen atoms in total. The van der Waals surface area contributed by atoms with Gasteiger partial charge < -0.3 is 0 Å². The number of carbonyl (C=O) groups excluding carboxylic acids is 1. The van der Waals surface area contributed by atoms with Gasteiger partial charge in [0.1, 0.15) is 4.83 Å². The number of aromatic nitrogens is 2. The van der Waals surface area contributed by atoms with Crippen LogP contribution in [-0.2, 0) is 19.4 Å². The van der Waals surface area contributed by atoms with E-state index < -0.39 is 4.92 Å². The van der Waals surface area contributed by atoms with E-state index in [-0.39, 0.29) is 34.6 Å². The van der Waals surface area contributed by atoms with E-state index in [2.05, 4.69) is 25.8 Å². The lowest BCUT2D eigenvalue weighted by atomic mass is 9.72. The summed E-state index contributed by atoms with van der Waals surface area (Å²) in [5, 5.41) is 11.6. The molecule has 1 unspecified atom stereocenters. The number of thiophene rings is 1. The molecule has 2 heterocycles. The largest absolute Gasteiger partial charge is 0.292 e. The third kappa shape index (κ3) is 3.67. The fourth-order valence-corrected chi connectivity index (χ4v) is 5.35. The van der Waals surface area contributed by atoms with E-state index in [9.17, 15) is 19.7 Å². The lowest BCUT2D eigenvalue weighted by Gasteiger charge is -2.33. The van der Waals surface area contributed by atoms with Crippen LogP contribution in [0.25, 0.3) is 10.2 Å². The van der Waals surface area contributed by atoms with Gasteiger partial charge in [0.2, 0.25) is 0 Å². The first kappa shape index (κ1) is 20.4. The van der Waals surface area contributed by atoms with Crippen molar-refractivity contribution in [2.45, 2.75) is 46.6 Å². The lowest BCUT2D eigenvalue weighted by Crippen LogP contribution is -2.27. The number of nitro benzene ring substituents is 1. The molecule has 0 radical (unpaired) electrons. The zero-order chi connectivity index (χ0) is 21.6. The second kappa shape index (κ2) is 7.43. The smallest absolute Gasteiger partial charge is 0.270 e. The van der Waals surface area contributed by atoms with E-state index >= 15 is 0 Å². The molecule has 0 amide bonds. The van der Waals surface area contributed by atoms with Crippen LogP contribution in [-0.4, -0.2) is 20.3 Å². The minimum absolute atomic E-state index is 0.151. The molecule has 30 heavy (non-hydrogen) atoms. The second-order valence-electron chi connectivity index (χ2n) is 8.90. The van der Waals surface area contributed by atoms with Crippen molar-refractivity contribution in [2.75, 3.05) is 0 Å². The predicted molar refractivity (Wildman–Crippen MR) is 116 cm³/mol. The maximum absolute atomic E-state index is 13.2. The van der Waals surface area contributed by atoms with Gasteiger partial charge in [-0.15, -0.1) is 11.3 Å². The average molecular weight is 426 g/mol. The Hall–Kier alpha value is -2.87.